The third-order valence-corrected chi connectivity index (χ3v) is 10.8. The minimum absolute atomic E-state index is 0.0743. The molecule has 0 aliphatic carbocycles. The first-order valence-electron chi connectivity index (χ1n) is 12.7. The summed E-state index contributed by atoms with van der Waals surface area (Å²) in [5.41, 5.74) is 5.13. The lowest BCUT2D eigenvalue weighted by atomic mass is 10.0. The van der Waals surface area contributed by atoms with E-state index in [1.54, 1.807) is 6.07 Å². The van der Waals surface area contributed by atoms with E-state index in [0.717, 1.165) is 37.3 Å². The smallest absolute Gasteiger partial charge is 0.410 e. The highest BCUT2D eigenvalue weighted by Gasteiger charge is 2.46. The predicted octanol–water partition coefficient (Wildman–Crippen LogP) is 7.00. The Bertz CT molecular complexity index is 1630. The number of ether oxygens (including phenoxy) is 1. The number of alkyl halides is 1. The molecular weight excluding hydrogens is 554 g/mol. The lowest BCUT2D eigenvalue weighted by Gasteiger charge is -2.36. The van der Waals surface area contributed by atoms with E-state index in [1.165, 1.54) is 16.2 Å². The van der Waals surface area contributed by atoms with E-state index in [9.17, 15) is 13.2 Å². The summed E-state index contributed by atoms with van der Waals surface area (Å²) in [5, 5.41) is 0.763. The molecule has 4 aromatic rings. The molecular formula is C29H30ClN3O4S2. The molecule has 1 aliphatic heterocycles. The number of pyridine rings is 1. The second kappa shape index (κ2) is 10.8. The standard InChI is InChI=1S/C29H30ClN3O4S2/c1-19-8-7-11-23(16-19)25-21(3)38-27-26(25)24(17-20(2)31-27)32-39(35,36)29(30)12-14-33(15-13-29)28(34)37-18-22-9-5-4-6-10-22/h4-11,16-17H,12-15,18H2,1-3H3,(H,31,32). The first-order valence-corrected chi connectivity index (χ1v) is 15.4. The Hall–Kier alpha value is -3.14. The molecule has 2 aromatic carbocycles. The van der Waals surface area contributed by atoms with Gasteiger partial charge >= 0.3 is 6.09 Å². The number of thiophene rings is 1. The number of likely N-dealkylation sites (tertiary alicyclic amines) is 1. The first kappa shape index (κ1) is 27.4. The highest BCUT2D eigenvalue weighted by atomic mass is 35.5. The number of benzene rings is 2. The lowest BCUT2D eigenvalue weighted by Crippen LogP contribution is -2.49. The van der Waals surface area contributed by atoms with Crippen LogP contribution in [0.5, 0.6) is 0 Å². The number of nitrogens with one attached hydrogen (secondary N) is 1. The highest BCUT2D eigenvalue weighted by molar-refractivity contribution is 7.95. The summed E-state index contributed by atoms with van der Waals surface area (Å²) >= 11 is 8.33. The van der Waals surface area contributed by atoms with Gasteiger partial charge in [-0.3, -0.25) is 4.72 Å². The van der Waals surface area contributed by atoms with Crippen molar-refractivity contribution in [3.8, 4) is 11.1 Å². The Kier molecular flexibility index (Phi) is 7.59. The van der Waals surface area contributed by atoms with Crippen molar-refractivity contribution in [3.63, 3.8) is 0 Å². The zero-order chi connectivity index (χ0) is 27.8. The van der Waals surface area contributed by atoms with E-state index in [2.05, 4.69) is 15.8 Å². The fourth-order valence-corrected chi connectivity index (χ4v) is 7.65. The summed E-state index contributed by atoms with van der Waals surface area (Å²) in [6, 6.07) is 19.3. The first-order chi connectivity index (χ1) is 18.6. The van der Waals surface area contributed by atoms with E-state index >= 15 is 0 Å². The van der Waals surface area contributed by atoms with Crippen molar-refractivity contribution >= 4 is 55.0 Å². The molecule has 0 atom stereocenters. The Morgan fingerprint density at radius 1 is 1.08 bits per heavy atom. The number of aromatic nitrogens is 1. The number of piperidine rings is 1. The van der Waals surface area contributed by atoms with Gasteiger partial charge in [-0.05, 0) is 38.0 Å². The molecule has 5 rings (SSSR count). The van der Waals surface area contributed by atoms with E-state index in [4.69, 9.17) is 16.3 Å². The van der Waals surface area contributed by atoms with Crippen LogP contribution in [0.4, 0.5) is 10.5 Å². The van der Waals surface area contributed by atoms with Crippen LogP contribution in [0.3, 0.4) is 0 Å². The van der Waals surface area contributed by atoms with E-state index in [1.807, 2.05) is 69.3 Å². The molecule has 10 heteroatoms. The fraction of sp³-hybridized carbons (Fsp3) is 0.310. The number of amides is 1. The van der Waals surface area contributed by atoms with Crippen molar-refractivity contribution in [1.82, 2.24) is 9.88 Å². The van der Waals surface area contributed by atoms with Gasteiger partial charge in [-0.1, -0.05) is 71.8 Å². The molecule has 1 saturated heterocycles. The predicted molar refractivity (Wildman–Crippen MR) is 158 cm³/mol. The summed E-state index contributed by atoms with van der Waals surface area (Å²) in [6.07, 6.45) is -0.332. The largest absolute Gasteiger partial charge is 0.445 e. The van der Waals surface area contributed by atoms with E-state index in [-0.39, 0.29) is 32.5 Å². The Labute approximate surface area is 237 Å². The summed E-state index contributed by atoms with van der Waals surface area (Å²) in [5.74, 6) is 0. The van der Waals surface area contributed by atoms with E-state index in [0.29, 0.717) is 11.4 Å². The molecule has 3 heterocycles. The summed E-state index contributed by atoms with van der Waals surface area (Å²) < 4.78 is 34.1. The maximum atomic E-state index is 13.7. The number of fused-ring (bicyclic) bond motifs is 1. The van der Waals surface area contributed by atoms with Crippen molar-refractivity contribution in [3.05, 3.63) is 82.4 Å². The van der Waals surface area contributed by atoms with Gasteiger partial charge in [0.15, 0.2) is 4.21 Å². The lowest BCUT2D eigenvalue weighted by molar-refractivity contribution is 0.0883. The second-order valence-corrected chi connectivity index (χ2v) is 14.1. The second-order valence-electron chi connectivity index (χ2n) is 9.91. The molecule has 1 fully saturated rings. The Morgan fingerprint density at radius 3 is 2.49 bits per heavy atom. The summed E-state index contributed by atoms with van der Waals surface area (Å²) in [4.78, 5) is 20.6. The number of anilines is 1. The van der Waals surface area contributed by atoms with Gasteiger partial charge in [0.05, 0.1) is 5.69 Å². The van der Waals surface area contributed by atoms with Gasteiger partial charge in [-0.25, -0.2) is 18.2 Å². The molecule has 1 N–H and O–H groups in total. The molecule has 2 aromatic heterocycles. The normalized spacial score (nSPS) is 15.3. The maximum Gasteiger partial charge on any atom is 0.410 e. The third kappa shape index (κ3) is 5.62. The summed E-state index contributed by atoms with van der Waals surface area (Å²) in [7, 11) is -4.03. The molecule has 39 heavy (non-hydrogen) atoms. The van der Waals surface area contributed by atoms with Gasteiger partial charge < -0.3 is 9.64 Å². The van der Waals surface area contributed by atoms with Crippen LogP contribution < -0.4 is 4.72 Å². The Morgan fingerprint density at radius 2 is 1.79 bits per heavy atom. The van der Waals surface area contributed by atoms with Crippen LogP contribution in [-0.4, -0.2) is 41.7 Å². The molecule has 204 valence electrons. The van der Waals surface area contributed by atoms with Crippen LogP contribution >= 0.6 is 22.9 Å². The molecule has 0 unspecified atom stereocenters. The monoisotopic (exact) mass is 583 g/mol. The molecule has 0 spiro atoms. The van der Waals surface area contributed by atoms with Crippen LogP contribution in [0.25, 0.3) is 21.3 Å². The highest BCUT2D eigenvalue weighted by Crippen LogP contribution is 2.44. The molecule has 0 bridgehead atoms. The number of rotatable bonds is 6. The van der Waals surface area contributed by atoms with Crippen molar-refractivity contribution in [2.45, 2.75) is 44.4 Å². The van der Waals surface area contributed by atoms with Crippen molar-refractivity contribution in [2.75, 3.05) is 17.8 Å². The number of carbonyl (C=O) groups excluding carboxylic acids is 1. The van der Waals surface area contributed by atoms with Crippen LogP contribution in [0.15, 0.2) is 60.7 Å². The van der Waals surface area contributed by atoms with Crippen LogP contribution in [0, 0.1) is 20.8 Å². The number of hydrogen-bond donors (Lipinski definition) is 1. The van der Waals surface area contributed by atoms with Crippen molar-refractivity contribution < 1.29 is 17.9 Å². The van der Waals surface area contributed by atoms with Crippen molar-refractivity contribution in [1.29, 1.82) is 0 Å². The van der Waals surface area contributed by atoms with Gasteiger partial charge in [0.1, 0.15) is 11.4 Å². The Balaban J connectivity index is 1.37. The average Bonchev–Trinajstić information content (AvgIpc) is 3.23. The minimum Gasteiger partial charge on any atom is -0.445 e. The summed E-state index contributed by atoms with van der Waals surface area (Å²) in [6.45, 7) is 6.40. The number of halogens is 1. The molecule has 0 radical (unpaired) electrons. The van der Waals surface area contributed by atoms with Crippen LogP contribution in [-0.2, 0) is 21.4 Å². The number of nitrogens with zero attached hydrogens (tertiary/aromatic N) is 2. The van der Waals surface area contributed by atoms with Crippen molar-refractivity contribution in [2.24, 2.45) is 0 Å². The fourth-order valence-electron chi connectivity index (χ4n) is 4.90. The molecule has 1 amide bonds. The average molecular weight is 584 g/mol. The van der Waals surface area contributed by atoms with E-state index < -0.39 is 20.3 Å². The van der Waals surface area contributed by atoms with Crippen LogP contribution in [0.2, 0.25) is 0 Å². The molecule has 1 aliphatic rings. The number of sulfonamides is 1. The molecule has 7 nitrogen and oxygen atoms in total. The van der Waals surface area contributed by atoms with Gasteiger partial charge in [0, 0.05) is 47.5 Å². The molecule has 0 saturated carbocycles. The van der Waals surface area contributed by atoms with Gasteiger partial charge in [-0.15, -0.1) is 11.3 Å². The van der Waals surface area contributed by atoms with Crippen LogP contribution in [0.1, 0.15) is 34.5 Å². The van der Waals surface area contributed by atoms with Gasteiger partial charge in [0.25, 0.3) is 10.0 Å². The number of aryl methyl sites for hydroxylation is 3. The van der Waals surface area contributed by atoms with Gasteiger partial charge in [-0.2, -0.15) is 0 Å². The number of hydrogen-bond acceptors (Lipinski definition) is 6. The zero-order valence-electron chi connectivity index (χ0n) is 22.0. The van der Waals surface area contributed by atoms with Gasteiger partial charge in [0.2, 0.25) is 0 Å². The SMILES string of the molecule is Cc1cccc(-c2c(C)sc3nc(C)cc(NS(=O)(=O)C4(Cl)CCN(C(=O)OCc5ccccc5)CC4)c23)c1. The number of carbonyl (C=O) groups is 1. The topological polar surface area (TPSA) is 88.6 Å². The maximum absolute atomic E-state index is 13.7. The third-order valence-electron chi connectivity index (χ3n) is 6.97. The minimum atomic E-state index is -4.03. The quantitative estimate of drug-likeness (QED) is 0.247. The zero-order valence-corrected chi connectivity index (χ0v) is 24.4.